The lowest BCUT2D eigenvalue weighted by atomic mass is 9.75. The van der Waals surface area contributed by atoms with E-state index in [0.29, 0.717) is 6.54 Å². The summed E-state index contributed by atoms with van der Waals surface area (Å²) < 4.78 is 0. The van der Waals surface area contributed by atoms with Gasteiger partial charge in [-0.15, -0.1) is 12.3 Å². The molecule has 3 saturated carbocycles. The molecule has 10 heteroatoms. The first-order valence-electron chi connectivity index (χ1n) is 17.4. The summed E-state index contributed by atoms with van der Waals surface area (Å²) in [6.07, 6.45) is 16.8. The van der Waals surface area contributed by atoms with Crippen molar-refractivity contribution in [3.63, 3.8) is 0 Å². The number of hydrogen-bond donors (Lipinski definition) is 4. The number of rotatable bonds is 11. The summed E-state index contributed by atoms with van der Waals surface area (Å²) in [5.41, 5.74) is 4.49. The number of primary amides is 1. The molecule has 256 valence electrons. The third-order valence-corrected chi connectivity index (χ3v) is 11.3. The van der Waals surface area contributed by atoms with Gasteiger partial charge in [0.2, 0.25) is 17.6 Å². The van der Waals surface area contributed by atoms with Crippen molar-refractivity contribution in [3.8, 4) is 12.3 Å². The van der Waals surface area contributed by atoms with E-state index in [9.17, 15) is 24.0 Å². The molecular formula is C36H57N5O5. The van der Waals surface area contributed by atoms with E-state index in [2.05, 4.69) is 42.6 Å². The van der Waals surface area contributed by atoms with E-state index in [1.165, 1.54) is 0 Å². The molecule has 5 amide bonds. The maximum atomic E-state index is 14.5. The lowest BCUT2D eigenvalue weighted by Gasteiger charge is -2.42. The summed E-state index contributed by atoms with van der Waals surface area (Å²) in [7, 11) is 0. The van der Waals surface area contributed by atoms with Crippen LogP contribution in [0.15, 0.2) is 0 Å². The van der Waals surface area contributed by atoms with Crippen LogP contribution in [0.25, 0.3) is 0 Å². The fourth-order valence-corrected chi connectivity index (χ4v) is 8.66. The molecule has 0 bridgehead atoms. The van der Waals surface area contributed by atoms with Gasteiger partial charge in [0.25, 0.3) is 5.91 Å². The molecule has 0 radical (unpaired) electrons. The van der Waals surface area contributed by atoms with Crippen molar-refractivity contribution in [1.82, 2.24) is 20.9 Å². The van der Waals surface area contributed by atoms with E-state index in [4.69, 9.17) is 12.2 Å². The van der Waals surface area contributed by atoms with Gasteiger partial charge in [-0.2, -0.15) is 0 Å². The van der Waals surface area contributed by atoms with Gasteiger partial charge < -0.3 is 26.6 Å². The lowest BCUT2D eigenvalue weighted by Crippen LogP contribution is -2.63. The number of likely N-dealkylation sites (tertiary alicyclic amines) is 1. The van der Waals surface area contributed by atoms with Gasteiger partial charge in [0, 0.05) is 18.5 Å². The summed E-state index contributed by atoms with van der Waals surface area (Å²) in [4.78, 5) is 68.2. The maximum Gasteiger partial charge on any atom is 0.315 e. The van der Waals surface area contributed by atoms with Gasteiger partial charge in [-0.3, -0.25) is 19.2 Å². The summed E-state index contributed by atoms with van der Waals surface area (Å²) >= 11 is 0. The van der Waals surface area contributed by atoms with Crippen LogP contribution in [0.4, 0.5) is 4.79 Å². The van der Waals surface area contributed by atoms with Crippen molar-refractivity contribution in [2.24, 2.45) is 33.8 Å². The van der Waals surface area contributed by atoms with Crippen molar-refractivity contribution in [1.29, 1.82) is 0 Å². The predicted octanol–water partition coefficient (Wildman–Crippen LogP) is 4.20. The number of terminal acetylenes is 1. The molecule has 4 fully saturated rings. The Hall–Kier alpha value is -3.09. The number of piperidine rings is 1. The monoisotopic (exact) mass is 639 g/mol. The molecule has 0 aromatic heterocycles. The third kappa shape index (κ3) is 7.71. The summed E-state index contributed by atoms with van der Waals surface area (Å²) in [6, 6.07) is -3.20. The Balaban J connectivity index is 1.56. The van der Waals surface area contributed by atoms with Crippen LogP contribution < -0.4 is 21.7 Å². The number of hydrogen-bond acceptors (Lipinski definition) is 5. The van der Waals surface area contributed by atoms with Crippen molar-refractivity contribution >= 4 is 29.5 Å². The Morgan fingerprint density at radius 3 is 2.09 bits per heavy atom. The van der Waals surface area contributed by atoms with Crippen LogP contribution in [-0.4, -0.2) is 64.6 Å². The second kappa shape index (κ2) is 13.6. The van der Waals surface area contributed by atoms with Gasteiger partial charge in [-0.1, -0.05) is 73.6 Å². The number of nitrogens with one attached hydrogen (secondary N) is 3. The topological polar surface area (TPSA) is 151 Å². The SMILES string of the molecule is C#CCCC(NC(=O)[C@@H]1[C@@H]2C(CN1C(=O)[C@@H](NC(=O)NC1(CCC(C)(C)C)CCCCC1)C(C)(C)C)C21CCCC1)C(=O)C(N)=O. The quantitative estimate of drug-likeness (QED) is 0.197. The zero-order valence-corrected chi connectivity index (χ0v) is 28.9. The number of fused-ring (bicyclic) bond motifs is 3. The molecule has 46 heavy (non-hydrogen) atoms. The van der Waals surface area contributed by atoms with Crippen molar-refractivity contribution < 1.29 is 24.0 Å². The minimum atomic E-state index is -1.16. The molecule has 1 saturated heterocycles. The first-order valence-corrected chi connectivity index (χ1v) is 17.4. The van der Waals surface area contributed by atoms with Gasteiger partial charge in [-0.05, 0) is 73.0 Å². The summed E-state index contributed by atoms with van der Waals surface area (Å²) in [6.45, 7) is 12.8. The number of amides is 5. The van der Waals surface area contributed by atoms with Crippen LogP contribution >= 0.6 is 0 Å². The van der Waals surface area contributed by atoms with Crippen LogP contribution in [0.2, 0.25) is 0 Å². The highest BCUT2D eigenvalue weighted by atomic mass is 16.2. The average molecular weight is 640 g/mol. The van der Waals surface area contributed by atoms with Gasteiger partial charge in [0.05, 0.1) is 6.04 Å². The van der Waals surface area contributed by atoms with Gasteiger partial charge in [0.15, 0.2) is 0 Å². The van der Waals surface area contributed by atoms with Crippen LogP contribution in [0.3, 0.4) is 0 Å². The lowest BCUT2D eigenvalue weighted by molar-refractivity contribution is -0.145. The standard InChI is InChI=1S/C36H57N5O5/c1-8-9-15-24(27(42)29(37)43)38-30(44)26-25-23(36(25)18-13-14-19-36)22-41(26)31(45)28(34(5,6)7)39-32(46)40-35(16-11-10-12-17-35)21-20-33(2,3)4/h1,23-26,28H,9-22H2,2-7H3,(H2,37,43)(H,38,44)(H2,39,40,46)/t23?,24?,25-,26-,28+/m0/s1. The number of nitrogens with zero attached hydrogens (tertiary/aromatic N) is 1. The summed E-state index contributed by atoms with van der Waals surface area (Å²) in [5, 5.41) is 9.11. The second-order valence-corrected chi connectivity index (χ2v) is 16.8. The van der Waals surface area contributed by atoms with Gasteiger partial charge in [-0.25, -0.2) is 4.79 Å². The van der Waals surface area contributed by atoms with E-state index < -0.39 is 41.1 Å². The highest BCUT2D eigenvalue weighted by Crippen LogP contribution is 2.72. The fraction of sp³-hybridized carbons (Fsp3) is 0.806. The van der Waals surface area contributed by atoms with Crippen molar-refractivity contribution in [2.75, 3.05) is 6.54 Å². The van der Waals surface area contributed by atoms with E-state index >= 15 is 0 Å². The maximum absolute atomic E-state index is 14.5. The minimum Gasteiger partial charge on any atom is -0.363 e. The molecule has 4 rings (SSSR count). The molecule has 1 aliphatic heterocycles. The molecule has 1 heterocycles. The number of nitrogens with two attached hydrogens (primary N) is 1. The molecule has 4 aliphatic rings. The van der Waals surface area contributed by atoms with Crippen molar-refractivity contribution in [3.05, 3.63) is 0 Å². The van der Waals surface area contributed by atoms with E-state index in [-0.39, 0.29) is 53.0 Å². The van der Waals surface area contributed by atoms with E-state index in [1.54, 1.807) is 4.90 Å². The molecule has 5 atom stereocenters. The zero-order chi connectivity index (χ0) is 34.1. The highest BCUT2D eigenvalue weighted by molar-refractivity contribution is 6.37. The third-order valence-electron chi connectivity index (χ3n) is 11.3. The largest absolute Gasteiger partial charge is 0.363 e. The van der Waals surface area contributed by atoms with E-state index in [0.717, 1.165) is 70.6 Å². The smallest absolute Gasteiger partial charge is 0.315 e. The first kappa shape index (κ1) is 35.8. The molecule has 2 unspecified atom stereocenters. The number of Topliss-reactive ketones (excluding diaryl/α,β-unsaturated/α-hetero) is 1. The molecular weight excluding hydrogens is 582 g/mol. The minimum absolute atomic E-state index is 0.0171. The Labute approximate surface area is 275 Å². The van der Waals surface area contributed by atoms with Crippen LogP contribution in [0.5, 0.6) is 0 Å². The van der Waals surface area contributed by atoms with Gasteiger partial charge >= 0.3 is 6.03 Å². The Morgan fingerprint density at radius 1 is 0.935 bits per heavy atom. The molecule has 0 aromatic carbocycles. The Bertz CT molecular complexity index is 1230. The number of urea groups is 1. The molecule has 5 N–H and O–H groups in total. The van der Waals surface area contributed by atoms with Crippen LogP contribution in [0.1, 0.15) is 125 Å². The fourth-order valence-electron chi connectivity index (χ4n) is 8.66. The number of carbonyl (C=O) groups is 5. The highest BCUT2D eigenvalue weighted by Gasteiger charge is 2.74. The molecule has 3 aliphatic carbocycles. The average Bonchev–Trinajstić information content (AvgIpc) is 3.29. The summed E-state index contributed by atoms with van der Waals surface area (Å²) in [5.74, 6) is -0.227. The van der Waals surface area contributed by atoms with Crippen LogP contribution in [-0.2, 0) is 19.2 Å². The number of ketones is 1. The van der Waals surface area contributed by atoms with E-state index in [1.807, 2.05) is 20.8 Å². The first-order chi connectivity index (χ1) is 21.4. The zero-order valence-electron chi connectivity index (χ0n) is 28.9. The molecule has 1 spiro atoms. The normalized spacial score (nSPS) is 25.9. The Kier molecular flexibility index (Phi) is 10.5. The van der Waals surface area contributed by atoms with Gasteiger partial charge in [0.1, 0.15) is 12.1 Å². The van der Waals surface area contributed by atoms with Crippen molar-refractivity contribution in [2.45, 2.75) is 149 Å². The van der Waals surface area contributed by atoms with Crippen LogP contribution in [0, 0.1) is 40.4 Å². The Morgan fingerprint density at radius 2 is 1.54 bits per heavy atom. The number of carbonyl (C=O) groups excluding carboxylic acids is 5. The molecule has 10 nitrogen and oxygen atoms in total. The molecule has 0 aromatic rings. The predicted molar refractivity (Wildman–Crippen MR) is 177 cm³/mol. The second-order valence-electron chi connectivity index (χ2n) is 16.8.